The van der Waals surface area contributed by atoms with Gasteiger partial charge in [-0.2, -0.15) is 0 Å². The highest BCUT2D eigenvalue weighted by Crippen LogP contribution is 2.38. The Labute approximate surface area is 85.2 Å². The second kappa shape index (κ2) is 3.89. The average Bonchev–Trinajstić information content (AvgIpc) is 2.78. The van der Waals surface area contributed by atoms with E-state index in [1.54, 1.807) is 0 Å². The molecule has 2 aliphatic rings. The molecule has 0 aromatic carbocycles. The molecule has 1 unspecified atom stereocenters. The Morgan fingerprint density at radius 1 is 1.43 bits per heavy atom. The summed E-state index contributed by atoms with van der Waals surface area (Å²) < 4.78 is 5.03. The molecule has 0 radical (unpaired) electrons. The third-order valence-electron chi connectivity index (χ3n) is 3.52. The van der Waals surface area contributed by atoms with Gasteiger partial charge in [-0.1, -0.05) is 12.8 Å². The van der Waals surface area contributed by atoms with Crippen molar-refractivity contribution >= 4 is 5.97 Å². The SMILES string of the molecule is CCOC(=O)C1CCC2(CCCC2)N1. The van der Waals surface area contributed by atoms with Crippen molar-refractivity contribution in [2.45, 2.75) is 57.0 Å². The van der Waals surface area contributed by atoms with Crippen LogP contribution in [0, 0.1) is 0 Å². The molecular formula is C11H19NO2. The lowest BCUT2D eigenvalue weighted by Crippen LogP contribution is -2.44. The van der Waals surface area contributed by atoms with Crippen molar-refractivity contribution in [3.05, 3.63) is 0 Å². The fraction of sp³-hybridized carbons (Fsp3) is 0.909. The molecule has 2 fully saturated rings. The lowest BCUT2D eigenvalue weighted by Gasteiger charge is -2.24. The number of esters is 1. The first-order valence-corrected chi connectivity index (χ1v) is 5.70. The van der Waals surface area contributed by atoms with Gasteiger partial charge in [-0.15, -0.1) is 0 Å². The number of rotatable bonds is 2. The molecule has 3 nitrogen and oxygen atoms in total. The van der Waals surface area contributed by atoms with Crippen LogP contribution in [-0.2, 0) is 9.53 Å². The summed E-state index contributed by atoms with van der Waals surface area (Å²) in [7, 11) is 0. The van der Waals surface area contributed by atoms with Gasteiger partial charge in [-0.3, -0.25) is 10.1 Å². The summed E-state index contributed by atoms with van der Waals surface area (Å²) in [4.78, 5) is 11.5. The van der Waals surface area contributed by atoms with Gasteiger partial charge in [0.15, 0.2) is 0 Å². The zero-order chi connectivity index (χ0) is 10.0. The van der Waals surface area contributed by atoms with Gasteiger partial charge >= 0.3 is 5.97 Å². The van der Waals surface area contributed by atoms with E-state index in [2.05, 4.69) is 5.32 Å². The summed E-state index contributed by atoms with van der Waals surface area (Å²) in [6.07, 6.45) is 7.20. The van der Waals surface area contributed by atoms with E-state index in [-0.39, 0.29) is 17.6 Å². The molecule has 0 amide bonds. The fourth-order valence-electron chi connectivity index (χ4n) is 2.80. The number of carbonyl (C=O) groups excluding carboxylic acids is 1. The van der Waals surface area contributed by atoms with E-state index in [1.165, 1.54) is 25.7 Å². The fourth-order valence-corrected chi connectivity index (χ4v) is 2.80. The first kappa shape index (κ1) is 9.97. The van der Waals surface area contributed by atoms with Crippen molar-refractivity contribution in [2.75, 3.05) is 6.61 Å². The Hall–Kier alpha value is -0.570. The van der Waals surface area contributed by atoms with Gasteiger partial charge < -0.3 is 4.74 Å². The molecule has 0 aromatic rings. The van der Waals surface area contributed by atoms with Crippen molar-refractivity contribution in [2.24, 2.45) is 0 Å². The molecule has 1 N–H and O–H groups in total. The molecule has 1 atom stereocenters. The molecule has 3 heteroatoms. The summed E-state index contributed by atoms with van der Waals surface area (Å²) in [6, 6.07) is -0.0342. The van der Waals surface area contributed by atoms with Crippen LogP contribution in [0.4, 0.5) is 0 Å². The van der Waals surface area contributed by atoms with Gasteiger partial charge in [0.1, 0.15) is 6.04 Å². The van der Waals surface area contributed by atoms with Crippen LogP contribution in [-0.4, -0.2) is 24.2 Å². The van der Waals surface area contributed by atoms with E-state index < -0.39 is 0 Å². The maximum Gasteiger partial charge on any atom is 0.323 e. The highest BCUT2D eigenvalue weighted by atomic mass is 16.5. The number of carbonyl (C=O) groups is 1. The van der Waals surface area contributed by atoms with Crippen LogP contribution in [0.25, 0.3) is 0 Å². The van der Waals surface area contributed by atoms with E-state index in [0.29, 0.717) is 6.61 Å². The number of hydrogen-bond acceptors (Lipinski definition) is 3. The van der Waals surface area contributed by atoms with Crippen molar-refractivity contribution < 1.29 is 9.53 Å². The molecule has 1 spiro atoms. The number of hydrogen-bond donors (Lipinski definition) is 1. The van der Waals surface area contributed by atoms with E-state index in [4.69, 9.17) is 4.74 Å². The van der Waals surface area contributed by atoms with Crippen LogP contribution in [0.2, 0.25) is 0 Å². The Kier molecular flexibility index (Phi) is 2.77. The summed E-state index contributed by atoms with van der Waals surface area (Å²) in [5, 5.41) is 3.48. The van der Waals surface area contributed by atoms with Crippen LogP contribution in [0.5, 0.6) is 0 Å². The zero-order valence-corrected chi connectivity index (χ0v) is 8.84. The minimum atomic E-state index is -0.0590. The van der Waals surface area contributed by atoms with Crippen LogP contribution in [0.1, 0.15) is 45.4 Å². The standard InChI is InChI=1S/C11H19NO2/c1-2-14-10(13)9-5-8-11(12-9)6-3-4-7-11/h9,12H,2-8H2,1H3. The summed E-state index contributed by atoms with van der Waals surface area (Å²) in [5.41, 5.74) is 0.289. The molecule has 14 heavy (non-hydrogen) atoms. The third kappa shape index (κ3) is 1.78. The molecule has 1 aliphatic heterocycles. The van der Waals surface area contributed by atoms with Gasteiger partial charge in [0.2, 0.25) is 0 Å². The van der Waals surface area contributed by atoms with Gasteiger partial charge in [-0.25, -0.2) is 0 Å². The third-order valence-corrected chi connectivity index (χ3v) is 3.52. The maximum absolute atomic E-state index is 11.5. The lowest BCUT2D eigenvalue weighted by molar-refractivity contribution is -0.145. The zero-order valence-electron chi connectivity index (χ0n) is 8.84. The molecule has 1 heterocycles. The van der Waals surface area contributed by atoms with E-state index in [1.807, 2.05) is 6.92 Å². The van der Waals surface area contributed by atoms with Crippen LogP contribution in [0.3, 0.4) is 0 Å². The van der Waals surface area contributed by atoms with Gasteiger partial charge in [0.05, 0.1) is 6.61 Å². The minimum absolute atomic E-state index is 0.0342. The molecule has 1 saturated carbocycles. The normalized spacial score (nSPS) is 29.6. The maximum atomic E-state index is 11.5. The average molecular weight is 197 g/mol. The number of ether oxygens (including phenoxy) is 1. The predicted octanol–water partition coefficient (Wildman–Crippen LogP) is 1.61. The summed E-state index contributed by atoms with van der Waals surface area (Å²) >= 11 is 0. The Morgan fingerprint density at radius 3 is 2.79 bits per heavy atom. The van der Waals surface area contributed by atoms with Crippen molar-refractivity contribution in [3.63, 3.8) is 0 Å². The summed E-state index contributed by atoms with van der Waals surface area (Å²) in [5.74, 6) is -0.0590. The van der Waals surface area contributed by atoms with Crippen molar-refractivity contribution in [3.8, 4) is 0 Å². The van der Waals surface area contributed by atoms with Crippen LogP contribution in [0.15, 0.2) is 0 Å². The minimum Gasteiger partial charge on any atom is -0.465 e. The predicted molar refractivity (Wildman–Crippen MR) is 54.0 cm³/mol. The molecule has 0 bridgehead atoms. The second-order valence-electron chi connectivity index (χ2n) is 4.48. The van der Waals surface area contributed by atoms with Crippen LogP contribution >= 0.6 is 0 Å². The monoisotopic (exact) mass is 197 g/mol. The van der Waals surface area contributed by atoms with E-state index in [9.17, 15) is 4.79 Å². The van der Waals surface area contributed by atoms with E-state index >= 15 is 0 Å². The molecule has 80 valence electrons. The topological polar surface area (TPSA) is 38.3 Å². The van der Waals surface area contributed by atoms with Gasteiger partial charge in [0.25, 0.3) is 0 Å². The second-order valence-corrected chi connectivity index (χ2v) is 4.48. The lowest BCUT2D eigenvalue weighted by atomic mass is 9.96. The van der Waals surface area contributed by atoms with Crippen LogP contribution < -0.4 is 5.32 Å². The largest absolute Gasteiger partial charge is 0.465 e. The van der Waals surface area contributed by atoms with Gasteiger partial charge in [-0.05, 0) is 32.6 Å². The Balaban J connectivity index is 1.90. The molecule has 1 aliphatic carbocycles. The molecular weight excluding hydrogens is 178 g/mol. The Bertz CT molecular complexity index is 221. The summed E-state index contributed by atoms with van der Waals surface area (Å²) in [6.45, 7) is 2.35. The highest BCUT2D eigenvalue weighted by molar-refractivity contribution is 5.76. The molecule has 0 aromatic heterocycles. The highest BCUT2D eigenvalue weighted by Gasteiger charge is 2.43. The van der Waals surface area contributed by atoms with E-state index in [0.717, 1.165) is 12.8 Å². The van der Waals surface area contributed by atoms with Gasteiger partial charge in [0, 0.05) is 5.54 Å². The van der Waals surface area contributed by atoms with Crippen molar-refractivity contribution in [1.82, 2.24) is 5.32 Å². The smallest absolute Gasteiger partial charge is 0.323 e. The molecule has 1 saturated heterocycles. The van der Waals surface area contributed by atoms with Crippen molar-refractivity contribution in [1.29, 1.82) is 0 Å². The quantitative estimate of drug-likeness (QED) is 0.683. The Morgan fingerprint density at radius 2 is 2.14 bits per heavy atom. The molecule has 2 rings (SSSR count). The first-order chi connectivity index (χ1) is 6.76. The number of nitrogens with one attached hydrogen (secondary N) is 1. The first-order valence-electron chi connectivity index (χ1n) is 5.70.